The summed E-state index contributed by atoms with van der Waals surface area (Å²) < 4.78 is 36.8. The fourth-order valence-electron chi connectivity index (χ4n) is 5.65. The standard InChI is InChI=1S/C30H51N3O10Si/c1-18-15-30(39-7,42-20(3)19(18)2)25(35)26(36)32-27(38-6)22-14-24(43-44(8,9)10)29(4,5)23(41-22)13-21(34)16-40-28(37)33-12-11-31-17-33/h11-12,17,19-25,27,34-35H,1,13-16H2,2-10H3,(H,32,36)/t19-,20-,21+,22+,23-,24?,25-,27+,30-/m1/s1. The molecule has 0 aliphatic carbocycles. The predicted octanol–water partition coefficient (Wildman–Crippen LogP) is 2.82. The van der Waals surface area contributed by atoms with E-state index in [0.717, 1.165) is 5.57 Å². The Morgan fingerprint density at radius 1 is 1.25 bits per heavy atom. The molecule has 2 saturated heterocycles. The molecule has 14 heteroatoms. The number of nitrogens with zero attached hydrogens (tertiary/aromatic N) is 2. The van der Waals surface area contributed by atoms with Crippen LogP contribution in [0, 0.1) is 11.3 Å². The van der Waals surface area contributed by atoms with Crippen LogP contribution in [0.4, 0.5) is 4.79 Å². The van der Waals surface area contributed by atoms with Gasteiger partial charge in [-0.25, -0.2) is 14.3 Å². The lowest BCUT2D eigenvalue weighted by Crippen LogP contribution is -2.63. The first-order valence-corrected chi connectivity index (χ1v) is 18.4. The summed E-state index contributed by atoms with van der Waals surface area (Å²) >= 11 is 0. The topological polar surface area (TPSA) is 160 Å². The van der Waals surface area contributed by atoms with E-state index in [1.807, 2.05) is 27.7 Å². The molecule has 3 N–H and O–H groups in total. The normalized spacial score (nSPS) is 31.2. The Balaban J connectivity index is 1.77. The monoisotopic (exact) mass is 641 g/mol. The zero-order valence-corrected chi connectivity index (χ0v) is 28.4. The van der Waals surface area contributed by atoms with Crippen LogP contribution in [-0.2, 0) is 32.9 Å². The van der Waals surface area contributed by atoms with E-state index in [9.17, 15) is 19.8 Å². The number of carbonyl (C=O) groups excluding carboxylic acids is 2. The number of nitrogens with one attached hydrogen (secondary N) is 1. The van der Waals surface area contributed by atoms with Crippen molar-refractivity contribution >= 4 is 20.3 Å². The number of aromatic nitrogens is 2. The molecule has 1 amide bonds. The number of imidazole rings is 1. The van der Waals surface area contributed by atoms with Crippen LogP contribution in [0.25, 0.3) is 0 Å². The summed E-state index contributed by atoms with van der Waals surface area (Å²) in [6, 6.07) is 0. The van der Waals surface area contributed by atoms with Gasteiger partial charge in [-0.05, 0) is 26.6 Å². The first-order valence-electron chi connectivity index (χ1n) is 15.0. The van der Waals surface area contributed by atoms with Crippen molar-refractivity contribution in [2.24, 2.45) is 11.3 Å². The van der Waals surface area contributed by atoms with E-state index in [-0.39, 0.29) is 37.6 Å². The quantitative estimate of drug-likeness (QED) is 0.175. The molecule has 0 spiro atoms. The molecule has 0 radical (unpaired) electrons. The number of aliphatic hydroxyl groups excluding tert-OH is 2. The van der Waals surface area contributed by atoms with Gasteiger partial charge in [0, 0.05) is 57.2 Å². The van der Waals surface area contributed by atoms with Gasteiger partial charge in [0.15, 0.2) is 20.6 Å². The molecule has 1 aromatic rings. The SMILES string of the molecule is C=C1C[C@](OC)([C@H](O)C(=O)N[C@@H](OC)[C@@H]2CC(O[Si](C)(C)C)C(C)(C)[C@@H](C[C@H](O)COC(=O)n3ccnc3)O2)O[C@H](C)[C@@H]1C. The summed E-state index contributed by atoms with van der Waals surface area (Å²) in [4.78, 5) is 29.5. The maximum Gasteiger partial charge on any atom is 0.419 e. The van der Waals surface area contributed by atoms with Gasteiger partial charge >= 0.3 is 6.09 Å². The van der Waals surface area contributed by atoms with Crippen molar-refractivity contribution in [1.29, 1.82) is 0 Å². The Morgan fingerprint density at radius 3 is 2.48 bits per heavy atom. The Bertz CT molecular complexity index is 1130. The summed E-state index contributed by atoms with van der Waals surface area (Å²) in [5.74, 6) is -2.33. The Labute approximate surface area is 261 Å². The highest BCUT2D eigenvalue weighted by atomic mass is 28.4. The summed E-state index contributed by atoms with van der Waals surface area (Å²) in [6.07, 6.45) is -1.40. The predicted molar refractivity (Wildman–Crippen MR) is 163 cm³/mol. The van der Waals surface area contributed by atoms with Crippen LogP contribution in [-0.4, -0.2) is 110 Å². The van der Waals surface area contributed by atoms with Gasteiger partial charge in [0.2, 0.25) is 5.79 Å². The molecule has 250 valence electrons. The first-order chi connectivity index (χ1) is 20.4. The lowest BCUT2D eigenvalue weighted by molar-refractivity contribution is -0.298. The van der Waals surface area contributed by atoms with E-state index in [4.69, 9.17) is 28.1 Å². The molecule has 2 aliphatic rings. The van der Waals surface area contributed by atoms with E-state index >= 15 is 0 Å². The van der Waals surface area contributed by atoms with Crippen LogP contribution in [0.1, 0.15) is 47.0 Å². The van der Waals surface area contributed by atoms with Crippen molar-refractivity contribution in [2.75, 3.05) is 20.8 Å². The third kappa shape index (κ3) is 8.54. The maximum atomic E-state index is 13.5. The number of hydrogen-bond donors (Lipinski definition) is 3. The second-order valence-electron chi connectivity index (χ2n) is 13.4. The van der Waals surface area contributed by atoms with Gasteiger partial charge in [-0.2, -0.15) is 0 Å². The molecule has 44 heavy (non-hydrogen) atoms. The minimum Gasteiger partial charge on any atom is -0.446 e. The van der Waals surface area contributed by atoms with Crippen molar-refractivity contribution in [3.05, 3.63) is 30.9 Å². The number of hydrogen-bond acceptors (Lipinski definition) is 11. The third-order valence-electron chi connectivity index (χ3n) is 8.64. The smallest absolute Gasteiger partial charge is 0.419 e. The lowest BCUT2D eigenvalue weighted by Gasteiger charge is -2.51. The van der Waals surface area contributed by atoms with Crippen LogP contribution >= 0.6 is 0 Å². The average Bonchev–Trinajstić information content (AvgIpc) is 3.49. The van der Waals surface area contributed by atoms with E-state index in [2.05, 4.69) is 36.5 Å². The Kier molecular flexibility index (Phi) is 12.0. The summed E-state index contributed by atoms with van der Waals surface area (Å²) in [6.45, 7) is 17.9. The molecule has 2 fully saturated rings. The molecule has 1 unspecified atom stereocenters. The molecule has 3 heterocycles. The largest absolute Gasteiger partial charge is 0.446 e. The van der Waals surface area contributed by atoms with Crippen molar-refractivity contribution in [3.63, 3.8) is 0 Å². The van der Waals surface area contributed by atoms with Gasteiger partial charge in [-0.15, -0.1) is 0 Å². The summed E-state index contributed by atoms with van der Waals surface area (Å²) in [5, 5.41) is 24.8. The first kappa shape index (κ1) is 36.3. The van der Waals surface area contributed by atoms with Crippen molar-refractivity contribution in [3.8, 4) is 0 Å². The molecule has 2 aliphatic heterocycles. The highest BCUT2D eigenvalue weighted by molar-refractivity contribution is 6.69. The molecule has 9 atom stereocenters. The molecule has 13 nitrogen and oxygen atoms in total. The average molecular weight is 642 g/mol. The molecule has 1 aromatic heterocycles. The van der Waals surface area contributed by atoms with Gasteiger partial charge < -0.3 is 43.6 Å². The highest BCUT2D eigenvalue weighted by Crippen LogP contribution is 2.43. The Morgan fingerprint density at radius 2 is 1.93 bits per heavy atom. The molecule has 0 bridgehead atoms. The lowest BCUT2D eigenvalue weighted by atomic mass is 9.74. The van der Waals surface area contributed by atoms with E-state index in [1.54, 1.807) is 0 Å². The van der Waals surface area contributed by atoms with Crippen molar-refractivity contribution < 1.29 is 47.9 Å². The number of carbonyl (C=O) groups is 2. The minimum atomic E-state index is -2.05. The van der Waals surface area contributed by atoms with Gasteiger partial charge in [0.1, 0.15) is 19.0 Å². The van der Waals surface area contributed by atoms with E-state index in [1.165, 1.54) is 37.5 Å². The number of ether oxygens (including phenoxy) is 5. The number of methoxy groups -OCH3 is 2. The van der Waals surface area contributed by atoms with Crippen LogP contribution in [0.2, 0.25) is 19.6 Å². The third-order valence-corrected chi connectivity index (χ3v) is 9.63. The van der Waals surface area contributed by atoms with Gasteiger partial charge in [0.25, 0.3) is 5.91 Å². The van der Waals surface area contributed by atoms with Crippen LogP contribution in [0.15, 0.2) is 30.9 Å². The zero-order valence-electron chi connectivity index (χ0n) is 27.4. The Hall–Kier alpha value is -2.17. The molecule has 3 rings (SSSR count). The van der Waals surface area contributed by atoms with Gasteiger partial charge in [0.05, 0.1) is 24.4 Å². The number of aliphatic hydroxyl groups is 2. The number of amides is 1. The van der Waals surface area contributed by atoms with Gasteiger partial charge in [-0.1, -0.05) is 32.9 Å². The van der Waals surface area contributed by atoms with Crippen LogP contribution in [0.3, 0.4) is 0 Å². The fraction of sp³-hybridized carbons (Fsp3) is 0.767. The molecule has 0 aromatic carbocycles. The minimum absolute atomic E-state index is 0.0317. The second-order valence-corrected chi connectivity index (χ2v) is 17.9. The van der Waals surface area contributed by atoms with Crippen LogP contribution in [0.5, 0.6) is 0 Å². The second kappa shape index (κ2) is 14.5. The fourth-order valence-corrected chi connectivity index (χ4v) is 6.91. The highest BCUT2D eigenvalue weighted by Gasteiger charge is 2.52. The summed E-state index contributed by atoms with van der Waals surface area (Å²) in [7, 11) is 0.766. The molecular weight excluding hydrogens is 590 g/mol. The maximum absolute atomic E-state index is 13.5. The number of rotatable bonds is 12. The van der Waals surface area contributed by atoms with Crippen molar-refractivity contribution in [2.45, 2.75) is 115 Å². The van der Waals surface area contributed by atoms with E-state index in [0.29, 0.717) is 6.42 Å². The zero-order chi connectivity index (χ0) is 33.0. The molecule has 0 saturated carbocycles. The van der Waals surface area contributed by atoms with E-state index < -0.39 is 62.2 Å². The summed E-state index contributed by atoms with van der Waals surface area (Å²) in [5.41, 5.74) is 0.249. The molecular formula is C30H51N3O10Si. The van der Waals surface area contributed by atoms with Gasteiger partial charge in [-0.3, -0.25) is 4.79 Å². The van der Waals surface area contributed by atoms with Crippen molar-refractivity contribution in [1.82, 2.24) is 14.9 Å². The van der Waals surface area contributed by atoms with Crippen LogP contribution < -0.4 is 5.32 Å².